The number of halogens is 2. The molecular weight excluding hydrogens is 341 g/mol. The highest BCUT2D eigenvalue weighted by molar-refractivity contribution is 6.35. The van der Waals surface area contributed by atoms with Crippen molar-refractivity contribution in [2.75, 3.05) is 7.11 Å². The van der Waals surface area contributed by atoms with E-state index in [4.69, 9.17) is 32.7 Å². The third-order valence-corrected chi connectivity index (χ3v) is 3.69. The first-order valence-electron chi connectivity index (χ1n) is 6.58. The van der Waals surface area contributed by atoms with Gasteiger partial charge in [-0.15, -0.1) is 0 Å². The van der Waals surface area contributed by atoms with Crippen LogP contribution in [-0.4, -0.2) is 24.0 Å². The van der Waals surface area contributed by atoms with E-state index in [0.717, 1.165) is 0 Å². The third-order valence-electron chi connectivity index (χ3n) is 3.13. The fraction of sp³-hybridized carbons (Fsp3) is 0.188. The van der Waals surface area contributed by atoms with Crippen LogP contribution in [0.5, 0.6) is 0 Å². The van der Waals surface area contributed by atoms with Crippen LogP contribution in [0, 0.1) is 6.92 Å². The van der Waals surface area contributed by atoms with Crippen molar-refractivity contribution in [2.45, 2.75) is 13.0 Å². The van der Waals surface area contributed by atoms with Crippen molar-refractivity contribution < 1.29 is 19.1 Å². The summed E-state index contributed by atoms with van der Waals surface area (Å²) in [5, 5.41) is 0.603. The number of benzene rings is 1. The van der Waals surface area contributed by atoms with Gasteiger partial charge in [-0.25, -0.2) is 9.59 Å². The van der Waals surface area contributed by atoms with Crippen LogP contribution >= 0.6 is 23.2 Å². The van der Waals surface area contributed by atoms with Crippen LogP contribution in [0.25, 0.3) is 0 Å². The molecule has 1 unspecified atom stereocenters. The molecule has 1 heterocycles. The lowest BCUT2D eigenvalue weighted by Gasteiger charge is -2.18. The number of aryl methyl sites for hydroxylation is 1. The van der Waals surface area contributed by atoms with Crippen molar-refractivity contribution in [1.82, 2.24) is 4.98 Å². The number of esters is 2. The molecule has 0 bridgehead atoms. The predicted molar refractivity (Wildman–Crippen MR) is 85.6 cm³/mol. The van der Waals surface area contributed by atoms with Gasteiger partial charge in [-0.1, -0.05) is 29.3 Å². The van der Waals surface area contributed by atoms with Gasteiger partial charge in [0.15, 0.2) is 0 Å². The molecular formula is C16H13Cl2NO4. The Morgan fingerprint density at radius 1 is 1.22 bits per heavy atom. The maximum absolute atomic E-state index is 12.3. The van der Waals surface area contributed by atoms with Gasteiger partial charge in [0.25, 0.3) is 0 Å². The molecule has 0 fully saturated rings. The summed E-state index contributed by atoms with van der Waals surface area (Å²) in [6, 6.07) is 6.03. The van der Waals surface area contributed by atoms with E-state index in [-0.39, 0.29) is 5.02 Å². The number of nitrogens with zero attached hydrogens (tertiary/aromatic N) is 1. The number of carbonyl (C=O) groups is 2. The Bertz CT molecular complexity index is 749. The molecule has 0 aliphatic carbocycles. The summed E-state index contributed by atoms with van der Waals surface area (Å²) in [7, 11) is 1.20. The zero-order valence-electron chi connectivity index (χ0n) is 12.4. The molecule has 1 atom stereocenters. The second-order valence-corrected chi connectivity index (χ2v) is 5.51. The molecule has 0 amide bonds. The Labute approximate surface area is 143 Å². The maximum atomic E-state index is 12.3. The highest BCUT2D eigenvalue weighted by Crippen LogP contribution is 2.30. The Hall–Kier alpha value is -2.11. The van der Waals surface area contributed by atoms with Gasteiger partial charge in [0.2, 0.25) is 6.10 Å². The van der Waals surface area contributed by atoms with E-state index in [2.05, 4.69) is 4.98 Å². The van der Waals surface area contributed by atoms with Gasteiger partial charge >= 0.3 is 11.9 Å². The fourth-order valence-electron chi connectivity index (χ4n) is 1.93. The smallest absolute Gasteiger partial charge is 0.352 e. The minimum Gasteiger partial charge on any atom is -0.466 e. The molecule has 2 aromatic rings. The van der Waals surface area contributed by atoms with E-state index in [1.807, 2.05) is 0 Å². The summed E-state index contributed by atoms with van der Waals surface area (Å²) in [6.07, 6.45) is 1.70. The molecule has 5 nitrogen and oxygen atoms in total. The van der Waals surface area contributed by atoms with Crippen molar-refractivity contribution in [3.8, 4) is 0 Å². The standard InChI is InChI=1S/C16H13Cl2NO4/c1-9-8-19-6-5-11(9)15(20)23-14(16(21)22-2)12-4-3-10(17)7-13(12)18/h3-8,14H,1-2H3. The van der Waals surface area contributed by atoms with Crippen LogP contribution in [0.15, 0.2) is 36.7 Å². The van der Waals surface area contributed by atoms with Gasteiger partial charge in [0.05, 0.1) is 12.7 Å². The minimum atomic E-state index is -1.29. The van der Waals surface area contributed by atoms with Crippen LogP contribution in [0.3, 0.4) is 0 Å². The van der Waals surface area contributed by atoms with Crippen molar-refractivity contribution in [2.24, 2.45) is 0 Å². The lowest BCUT2D eigenvalue weighted by molar-refractivity contribution is -0.151. The van der Waals surface area contributed by atoms with E-state index in [1.165, 1.54) is 37.7 Å². The minimum absolute atomic E-state index is 0.201. The average molecular weight is 354 g/mol. The molecule has 7 heteroatoms. The first kappa shape index (κ1) is 17.2. The lowest BCUT2D eigenvalue weighted by Crippen LogP contribution is -2.22. The summed E-state index contributed by atoms with van der Waals surface area (Å²) in [5.41, 5.74) is 1.23. The highest BCUT2D eigenvalue weighted by Gasteiger charge is 2.29. The Morgan fingerprint density at radius 3 is 2.57 bits per heavy atom. The third kappa shape index (κ3) is 4.00. The summed E-state index contributed by atoms with van der Waals surface area (Å²) in [4.78, 5) is 28.2. The van der Waals surface area contributed by atoms with Gasteiger partial charge < -0.3 is 9.47 Å². The monoisotopic (exact) mass is 353 g/mol. The van der Waals surface area contributed by atoms with Crippen LogP contribution in [0.4, 0.5) is 0 Å². The molecule has 0 saturated carbocycles. The van der Waals surface area contributed by atoms with Gasteiger partial charge in [0, 0.05) is 28.0 Å². The predicted octanol–water partition coefficient (Wildman–Crippen LogP) is 3.77. The zero-order chi connectivity index (χ0) is 17.0. The average Bonchev–Trinajstić information content (AvgIpc) is 2.52. The summed E-state index contributed by atoms with van der Waals surface area (Å²) in [6.45, 7) is 1.71. The van der Waals surface area contributed by atoms with E-state index in [0.29, 0.717) is 21.7 Å². The van der Waals surface area contributed by atoms with Crippen LogP contribution < -0.4 is 0 Å². The Balaban J connectivity index is 2.35. The van der Waals surface area contributed by atoms with Crippen molar-refractivity contribution in [3.05, 3.63) is 63.4 Å². The second-order valence-electron chi connectivity index (χ2n) is 4.66. The molecule has 0 N–H and O–H groups in total. The number of hydrogen-bond donors (Lipinski definition) is 0. The van der Waals surface area contributed by atoms with Crippen molar-refractivity contribution in [1.29, 1.82) is 0 Å². The van der Waals surface area contributed by atoms with E-state index in [9.17, 15) is 9.59 Å². The fourth-order valence-corrected chi connectivity index (χ4v) is 2.44. The molecule has 1 aromatic carbocycles. The number of ether oxygens (including phenoxy) is 2. The van der Waals surface area contributed by atoms with Crippen LogP contribution in [0.1, 0.15) is 27.6 Å². The maximum Gasteiger partial charge on any atom is 0.352 e. The zero-order valence-corrected chi connectivity index (χ0v) is 13.9. The number of carbonyl (C=O) groups excluding carboxylic acids is 2. The number of aromatic nitrogens is 1. The number of hydrogen-bond acceptors (Lipinski definition) is 5. The van der Waals surface area contributed by atoms with Gasteiger partial charge in [0.1, 0.15) is 0 Å². The normalized spacial score (nSPS) is 11.7. The largest absolute Gasteiger partial charge is 0.466 e. The Morgan fingerprint density at radius 2 is 1.96 bits per heavy atom. The van der Waals surface area contributed by atoms with Crippen molar-refractivity contribution >= 4 is 35.1 Å². The summed E-state index contributed by atoms with van der Waals surface area (Å²) >= 11 is 11.9. The summed E-state index contributed by atoms with van der Waals surface area (Å²) in [5.74, 6) is -1.42. The van der Waals surface area contributed by atoms with Gasteiger partial charge in [-0.3, -0.25) is 4.98 Å². The lowest BCUT2D eigenvalue weighted by atomic mass is 10.1. The van der Waals surface area contributed by atoms with Gasteiger partial charge in [-0.05, 0) is 30.7 Å². The molecule has 120 valence electrons. The first-order valence-corrected chi connectivity index (χ1v) is 7.34. The number of rotatable bonds is 4. The van der Waals surface area contributed by atoms with Crippen LogP contribution in [-0.2, 0) is 14.3 Å². The van der Waals surface area contributed by atoms with Crippen LogP contribution in [0.2, 0.25) is 10.0 Å². The molecule has 0 radical (unpaired) electrons. The molecule has 2 rings (SSSR count). The topological polar surface area (TPSA) is 65.5 Å². The highest BCUT2D eigenvalue weighted by atomic mass is 35.5. The molecule has 0 aliphatic heterocycles. The molecule has 0 saturated heterocycles. The van der Waals surface area contributed by atoms with E-state index in [1.54, 1.807) is 13.0 Å². The summed E-state index contributed by atoms with van der Waals surface area (Å²) < 4.78 is 10.0. The van der Waals surface area contributed by atoms with Gasteiger partial charge in [-0.2, -0.15) is 0 Å². The van der Waals surface area contributed by atoms with E-state index < -0.39 is 18.0 Å². The second kappa shape index (κ2) is 7.44. The van der Waals surface area contributed by atoms with Crippen molar-refractivity contribution in [3.63, 3.8) is 0 Å². The molecule has 0 spiro atoms. The molecule has 0 aliphatic rings. The molecule has 1 aromatic heterocycles. The Kier molecular flexibility index (Phi) is 5.58. The van der Waals surface area contributed by atoms with E-state index >= 15 is 0 Å². The SMILES string of the molecule is COC(=O)C(OC(=O)c1ccncc1C)c1ccc(Cl)cc1Cl. The molecule has 23 heavy (non-hydrogen) atoms. The number of methoxy groups -OCH3 is 1. The first-order chi connectivity index (χ1) is 10.9. The quantitative estimate of drug-likeness (QED) is 0.782. The number of pyridine rings is 1.